The third-order valence-electron chi connectivity index (χ3n) is 3.11. The monoisotopic (exact) mass is 314 g/mol. The first kappa shape index (κ1) is 14.3. The lowest BCUT2D eigenvalue weighted by atomic mass is 10.2. The van der Waals surface area contributed by atoms with Crippen molar-refractivity contribution in [1.82, 2.24) is 9.97 Å². The van der Waals surface area contributed by atoms with Crippen LogP contribution in [0.25, 0.3) is 21.8 Å². The molecule has 0 unspecified atom stereocenters. The lowest BCUT2D eigenvalue weighted by Gasteiger charge is -1.96. The zero-order valence-electron chi connectivity index (χ0n) is 11.4. The maximum Gasteiger partial charge on any atom is 0.346 e. The van der Waals surface area contributed by atoms with Gasteiger partial charge in [-0.3, -0.25) is 4.79 Å². The SMILES string of the molecule is O=c1[nH]c2ccccc2c(=O)oc(CCl)nc2ccccc12. The Balaban J connectivity index is 2.64. The zero-order chi connectivity index (χ0) is 15.5. The Kier molecular flexibility index (Phi) is 3.89. The third-order valence-corrected chi connectivity index (χ3v) is 3.34. The average Bonchev–Trinajstić information content (AvgIpc) is 2.54. The maximum absolute atomic E-state index is 12.4. The minimum atomic E-state index is -0.616. The molecule has 0 atom stereocenters. The van der Waals surface area contributed by atoms with Crippen LogP contribution >= 0.6 is 11.6 Å². The molecule has 1 aromatic heterocycles. The number of para-hydroxylation sites is 2. The van der Waals surface area contributed by atoms with E-state index in [0.717, 1.165) is 0 Å². The van der Waals surface area contributed by atoms with E-state index < -0.39 is 5.63 Å². The summed E-state index contributed by atoms with van der Waals surface area (Å²) < 4.78 is 5.22. The highest BCUT2D eigenvalue weighted by molar-refractivity contribution is 6.16. The minimum Gasteiger partial charge on any atom is -0.407 e. The molecule has 0 aliphatic rings. The van der Waals surface area contributed by atoms with Crippen LogP contribution in [0, 0.1) is 0 Å². The number of rotatable bonds is 1. The predicted octanol–water partition coefficient (Wildman–Crippen LogP) is 2.89. The molecule has 0 amide bonds. The van der Waals surface area contributed by atoms with Crippen molar-refractivity contribution in [3.05, 3.63) is 75.2 Å². The third kappa shape index (κ3) is 2.71. The van der Waals surface area contributed by atoms with Crippen molar-refractivity contribution < 1.29 is 4.42 Å². The highest BCUT2D eigenvalue weighted by Crippen LogP contribution is 2.07. The molecule has 6 heteroatoms. The molecule has 22 heavy (non-hydrogen) atoms. The zero-order valence-corrected chi connectivity index (χ0v) is 12.1. The van der Waals surface area contributed by atoms with Gasteiger partial charge >= 0.3 is 5.63 Å². The normalized spacial score (nSPS) is 10.6. The topological polar surface area (TPSA) is 76.0 Å². The molecule has 110 valence electrons. The Morgan fingerprint density at radius 2 is 1.68 bits per heavy atom. The van der Waals surface area contributed by atoms with Gasteiger partial charge in [0.1, 0.15) is 0 Å². The molecule has 0 saturated carbocycles. The van der Waals surface area contributed by atoms with Crippen LogP contribution in [0.3, 0.4) is 0 Å². The van der Waals surface area contributed by atoms with E-state index >= 15 is 0 Å². The van der Waals surface area contributed by atoms with Crippen LogP contribution in [0.2, 0.25) is 0 Å². The van der Waals surface area contributed by atoms with Crippen molar-refractivity contribution in [2.24, 2.45) is 0 Å². The summed E-state index contributed by atoms with van der Waals surface area (Å²) in [4.78, 5) is 31.5. The maximum atomic E-state index is 12.4. The number of nitrogens with zero attached hydrogens (tertiary/aromatic N) is 1. The molecule has 5 nitrogen and oxygen atoms in total. The van der Waals surface area contributed by atoms with Gasteiger partial charge in [-0.15, -0.1) is 11.6 Å². The van der Waals surface area contributed by atoms with Crippen LogP contribution in [0.15, 0.2) is 62.5 Å². The van der Waals surface area contributed by atoms with Gasteiger partial charge in [-0.2, -0.15) is 0 Å². The first-order chi connectivity index (χ1) is 10.7. The Labute approximate surface area is 129 Å². The van der Waals surface area contributed by atoms with E-state index in [1.165, 1.54) is 0 Å². The average molecular weight is 315 g/mol. The van der Waals surface area contributed by atoms with Crippen molar-refractivity contribution in [3.8, 4) is 0 Å². The van der Waals surface area contributed by atoms with Gasteiger partial charge in [0.25, 0.3) is 5.56 Å². The quantitative estimate of drug-likeness (QED) is 0.701. The Bertz CT molecular complexity index is 1020. The van der Waals surface area contributed by atoms with Gasteiger partial charge in [-0.25, -0.2) is 9.78 Å². The van der Waals surface area contributed by atoms with Crippen molar-refractivity contribution >= 4 is 33.4 Å². The molecule has 2 aromatic carbocycles. The number of benzene rings is 2. The van der Waals surface area contributed by atoms with Crippen molar-refractivity contribution in [1.29, 1.82) is 0 Å². The van der Waals surface area contributed by atoms with Gasteiger partial charge < -0.3 is 9.40 Å². The molecule has 0 aliphatic carbocycles. The molecule has 0 saturated heterocycles. The number of H-pyrrole nitrogens is 1. The highest BCUT2D eigenvalue weighted by Gasteiger charge is 2.02. The number of fused-ring (bicyclic) bond motifs is 2. The highest BCUT2D eigenvalue weighted by atomic mass is 35.5. The van der Waals surface area contributed by atoms with Gasteiger partial charge in [0, 0.05) is 0 Å². The summed E-state index contributed by atoms with van der Waals surface area (Å²) >= 11 is 5.79. The van der Waals surface area contributed by atoms with Crippen LogP contribution in [-0.2, 0) is 5.88 Å². The van der Waals surface area contributed by atoms with Crippen molar-refractivity contribution in [2.45, 2.75) is 5.88 Å². The fourth-order valence-electron chi connectivity index (χ4n) is 2.10. The van der Waals surface area contributed by atoms with Crippen LogP contribution in [0.4, 0.5) is 0 Å². The predicted molar refractivity (Wildman–Crippen MR) is 85.6 cm³/mol. The molecule has 0 bridgehead atoms. The number of hydrogen-bond donors (Lipinski definition) is 1. The summed E-state index contributed by atoms with van der Waals surface area (Å²) in [5, 5.41) is 0.617. The number of alkyl halides is 1. The number of nitrogens with one attached hydrogen (secondary N) is 1. The van der Waals surface area contributed by atoms with Gasteiger partial charge in [0.2, 0.25) is 5.89 Å². The summed E-state index contributed by atoms with van der Waals surface area (Å²) in [6, 6.07) is 13.4. The Hall–Kier alpha value is -2.66. The molecule has 0 fully saturated rings. The molecule has 3 rings (SSSR count). The van der Waals surface area contributed by atoms with Crippen molar-refractivity contribution in [2.75, 3.05) is 0 Å². The smallest absolute Gasteiger partial charge is 0.346 e. The number of aromatic nitrogens is 2. The lowest BCUT2D eigenvalue weighted by molar-refractivity contribution is 0.467. The summed E-state index contributed by atoms with van der Waals surface area (Å²) in [6.07, 6.45) is 0. The van der Waals surface area contributed by atoms with E-state index in [2.05, 4.69) is 9.97 Å². The molecule has 1 heterocycles. The number of halogens is 1. The Morgan fingerprint density at radius 1 is 1.00 bits per heavy atom. The summed E-state index contributed by atoms with van der Waals surface area (Å²) in [5.41, 5.74) is -0.198. The molecular weight excluding hydrogens is 304 g/mol. The van der Waals surface area contributed by atoms with E-state index in [4.69, 9.17) is 16.0 Å². The van der Waals surface area contributed by atoms with Crippen LogP contribution in [0.1, 0.15) is 5.89 Å². The molecular formula is C16H11ClN2O3. The van der Waals surface area contributed by atoms with Gasteiger partial charge in [-0.05, 0) is 24.3 Å². The summed E-state index contributed by atoms with van der Waals surface area (Å²) in [7, 11) is 0. The second kappa shape index (κ2) is 5.99. The molecule has 0 radical (unpaired) electrons. The number of aromatic amines is 1. The molecule has 0 spiro atoms. The number of hydrogen-bond acceptors (Lipinski definition) is 4. The second-order valence-corrected chi connectivity index (χ2v) is 4.81. The van der Waals surface area contributed by atoms with Crippen LogP contribution in [0.5, 0.6) is 0 Å². The van der Waals surface area contributed by atoms with Crippen LogP contribution < -0.4 is 11.2 Å². The van der Waals surface area contributed by atoms with E-state index in [1.807, 2.05) is 0 Å². The van der Waals surface area contributed by atoms with Crippen LogP contribution in [-0.4, -0.2) is 9.97 Å². The van der Waals surface area contributed by atoms with E-state index in [-0.39, 0.29) is 22.7 Å². The van der Waals surface area contributed by atoms with E-state index in [0.29, 0.717) is 16.4 Å². The standard InChI is InChI=1S/C16H11ClN2O3/c17-9-14-18-12-7-3-1-5-10(12)15(20)19-13-8-4-2-6-11(13)16(21)22-14/h1-8H,9H2,(H,19,20). The van der Waals surface area contributed by atoms with Gasteiger partial charge in [0.15, 0.2) is 0 Å². The van der Waals surface area contributed by atoms with Gasteiger partial charge in [0.05, 0.1) is 27.7 Å². The Morgan fingerprint density at radius 3 is 2.45 bits per heavy atom. The summed E-state index contributed by atoms with van der Waals surface area (Å²) in [5.74, 6) is -0.0345. The first-order valence-corrected chi connectivity index (χ1v) is 7.07. The van der Waals surface area contributed by atoms with E-state index in [9.17, 15) is 9.59 Å². The minimum absolute atomic E-state index is 0.0450. The second-order valence-electron chi connectivity index (χ2n) is 4.55. The largest absolute Gasteiger partial charge is 0.407 e. The fraction of sp³-hybridized carbons (Fsp3) is 0.0625. The van der Waals surface area contributed by atoms with Gasteiger partial charge in [-0.1, -0.05) is 24.3 Å². The molecule has 3 aromatic rings. The lowest BCUT2D eigenvalue weighted by Crippen LogP contribution is -2.07. The molecule has 0 aliphatic heterocycles. The summed E-state index contributed by atoms with van der Waals surface area (Å²) in [6.45, 7) is 0. The fourth-order valence-corrected chi connectivity index (χ4v) is 2.21. The van der Waals surface area contributed by atoms with E-state index in [1.54, 1.807) is 48.5 Å². The first-order valence-electron chi connectivity index (χ1n) is 6.54. The molecule has 1 N–H and O–H groups in total. The van der Waals surface area contributed by atoms with Crippen molar-refractivity contribution in [3.63, 3.8) is 0 Å².